The predicted molar refractivity (Wildman–Crippen MR) is 41.5 cm³/mol. The summed E-state index contributed by atoms with van der Waals surface area (Å²) in [6, 6.07) is 0. The van der Waals surface area contributed by atoms with Crippen molar-refractivity contribution in [3.05, 3.63) is 11.8 Å². The quantitative estimate of drug-likeness (QED) is 0.563. The molecule has 0 unspecified atom stereocenters. The van der Waals surface area contributed by atoms with E-state index in [-0.39, 0.29) is 5.78 Å². The van der Waals surface area contributed by atoms with E-state index in [1.807, 2.05) is 19.0 Å². The number of ketones is 1. The Morgan fingerprint density at radius 2 is 2.10 bits per heavy atom. The van der Waals surface area contributed by atoms with Crippen LogP contribution >= 0.6 is 0 Å². The summed E-state index contributed by atoms with van der Waals surface area (Å²) >= 11 is 0. The largest absolute Gasteiger partial charge is 0.401 e. The molecule has 0 amide bonds. The minimum absolute atomic E-state index is 0.000602. The second-order valence-electron chi connectivity index (χ2n) is 2.57. The molecule has 0 saturated carbocycles. The second kappa shape index (κ2) is 4.06. The molecule has 0 aromatic heterocycles. The fourth-order valence-corrected chi connectivity index (χ4v) is 0.672. The molecular formula is C7H14N2O. The van der Waals surface area contributed by atoms with Crippen molar-refractivity contribution in [3.8, 4) is 0 Å². The summed E-state index contributed by atoms with van der Waals surface area (Å²) < 4.78 is 0. The van der Waals surface area contributed by atoms with Crippen molar-refractivity contribution in [2.75, 3.05) is 20.6 Å². The van der Waals surface area contributed by atoms with E-state index in [0.29, 0.717) is 12.2 Å². The zero-order chi connectivity index (χ0) is 8.15. The van der Waals surface area contributed by atoms with Gasteiger partial charge in [0.1, 0.15) is 0 Å². The summed E-state index contributed by atoms with van der Waals surface area (Å²) in [4.78, 5) is 12.4. The molecule has 10 heavy (non-hydrogen) atoms. The fourth-order valence-electron chi connectivity index (χ4n) is 0.672. The third kappa shape index (κ3) is 5.31. The van der Waals surface area contributed by atoms with Gasteiger partial charge in [0.05, 0.1) is 0 Å². The standard InChI is InChI=1S/C7H14N2O/c1-6(10)4-7(8)5-9(2)3/h4H,5,8H2,1-3H3. The molecule has 0 saturated heterocycles. The molecule has 0 radical (unpaired) electrons. The second-order valence-corrected chi connectivity index (χ2v) is 2.57. The first-order valence-corrected chi connectivity index (χ1v) is 3.13. The van der Waals surface area contributed by atoms with Gasteiger partial charge in [-0.3, -0.25) is 4.79 Å². The van der Waals surface area contributed by atoms with Crippen molar-refractivity contribution in [2.24, 2.45) is 5.73 Å². The highest BCUT2D eigenvalue weighted by atomic mass is 16.1. The maximum atomic E-state index is 10.5. The normalized spacial score (nSPS) is 12.2. The average molecular weight is 142 g/mol. The number of hydrogen-bond donors (Lipinski definition) is 1. The van der Waals surface area contributed by atoms with Gasteiger partial charge < -0.3 is 10.6 Å². The summed E-state index contributed by atoms with van der Waals surface area (Å²) in [5.74, 6) is -0.000602. The number of hydrogen-bond acceptors (Lipinski definition) is 3. The van der Waals surface area contributed by atoms with Gasteiger partial charge in [0.25, 0.3) is 0 Å². The number of carbonyl (C=O) groups is 1. The van der Waals surface area contributed by atoms with E-state index in [4.69, 9.17) is 5.73 Å². The minimum Gasteiger partial charge on any atom is -0.401 e. The van der Waals surface area contributed by atoms with Crippen LogP contribution in [-0.4, -0.2) is 31.3 Å². The zero-order valence-corrected chi connectivity index (χ0v) is 6.72. The number of nitrogens with two attached hydrogens (primary N) is 1. The van der Waals surface area contributed by atoms with Gasteiger partial charge in [0, 0.05) is 18.3 Å². The molecule has 0 rings (SSSR count). The van der Waals surface area contributed by atoms with Crippen LogP contribution in [0.4, 0.5) is 0 Å². The van der Waals surface area contributed by atoms with Crippen LogP contribution in [0.5, 0.6) is 0 Å². The van der Waals surface area contributed by atoms with Crippen molar-refractivity contribution >= 4 is 5.78 Å². The van der Waals surface area contributed by atoms with E-state index >= 15 is 0 Å². The molecule has 0 aliphatic rings. The van der Waals surface area contributed by atoms with E-state index < -0.39 is 0 Å². The summed E-state index contributed by atoms with van der Waals surface area (Å²) in [7, 11) is 3.81. The van der Waals surface area contributed by atoms with E-state index in [0.717, 1.165) is 0 Å². The summed E-state index contributed by atoms with van der Waals surface area (Å²) in [6.45, 7) is 2.13. The van der Waals surface area contributed by atoms with Crippen LogP contribution in [0.25, 0.3) is 0 Å². The Balaban J connectivity index is 3.83. The van der Waals surface area contributed by atoms with E-state index in [2.05, 4.69) is 0 Å². The molecular weight excluding hydrogens is 128 g/mol. The third-order valence-electron chi connectivity index (χ3n) is 0.887. The fraction of sp³-hybridized carbons (Fsp3) is 0.571. The molecule has 3 nitrogen and oxygen atoms in total. The maximum absolute atomic E-state index is 10.5. The van der Waals surface area contributed by atoms with Crippen molar-refractivity contribution in [3.63, 3.8) is 0 Å². The molecule has 58 valence electrons. The molecule has 0 aliphatic carbocycles. The molecule has 0 aromatic rings. The highest BCUT2D eigenvalue weighted by Gasteiger charge is 1.93. The maximum Gasteiger partial charge on any atom is 0.154 e. The smallest absolute Gasteiger partial charge is 0.154 e. The van der Waals surface area contributed by atoms with E-state index in [1.54, 1.807) is 0 Å². The molecule has 0 heterocycles. The van der Waals surface area contributed by atoms with Crippen molar-refractivity contribution in [1.82, 2.24) is 4.90 Å². The minimum atomic E-state index is -0.000602. The van der Waals surface area contributed by atoms with Crippen LogP contribution in [-0.2, 0) is 4.79 Å². The predicted octanol–water partition coefficient (Wildman–Crippen LogP) is -0.0204. The first-order valence-electron chi connectivity index (χ1n) is 3.13. The summed E-state index contributed by atoms with van der Waals surface area (Å²) in [5.41, 5.74) is 6.08. The number of nitrogens with zero attached hydrogens (tertiary/aromatic N) is 1. The van der Waals surface area contributed by atoms with Crippen LogP contribution in [0.1, 0.15) is 6.92 Å². The third-order valence-corrected chi connectivity index (χ3v) is 0.887. The Morgan fingerprint density at radius 1 is 1.60 bits per heavy atom. The molecule has 0 atom stereocenters. The molecule has 2 N–H and O–H groups in total. The number of likely N-dealkylation sites (N-methyl/N-ethyl adjacent to an activating group) is 1. The number of rotatable bonds is 3. The average Bonchev–Trinajstić information content (AvgIpc) is 1.58. The topological polar surface area (TPSA) is 46.3 Å². The van der Waals surface area contributed by atoms with Crippen molar-refractivity contribution in [1.29, 1.82) is 0 Å². The Hall–Kier alpha value is -0.830. The van der Waals surface area contributed by atoms with Gasteiger partial charge in [-0.15, -0.1) is 0 Å². The Kier molecular flexibility index (Phi) is 3.72. The highest BCUT2D eigenvalue weighted by molar-refractivity contribution is 5.87. The van der Waals surface area contributed by atoms with Gasteiger partial charge in [-0.05, 0) is 21.0 Å². The first kappa shape index (κ1) is 9.17. The van der Waals surface area contributed by atoms with Crippen molar-refractivity contribution in [2.45, 2.75) is 6.92 Å². The Morgan fingerprint density at radius 3 is 2.40 bits per heavy atom. The van der Waals surface area contributed by atoms with Crippen LogP contribution in [0, 0.1) is 0 Å². The molecule has 0 spiro atoms. The first-order chi connectivity index (χ1) is 4.52. The van der Waals surface area contributed by atoms with Crippen molar-refractivity contribution < 1.29 is 4.79 Å². The molecule has 0 fully saturated rings. The zero-order valence-electron chi connectivity index (χ0n) is 6.72. The van der Waals surface area contributed by atoms with Gasteiger partial charge in [-0.2, -0.15) is 0 Å². The van der Waals surface area contributed by atoms with Gasteiger partial charge in [-0.25, -0.2) is 0 Å². The summed E-state index contributed by atoms with van der Waals surface area (Å²) in [5, 5.41) is 0. The lowest BCUT2D eigenvalue weighted by Gasteiger charge is -2.08. The SMILES string of the molecule is CC(=O)C=C(N)CN(C)C. The van der Waals surface area contributed by atoms with Crippen LogP contribution in [0.2, 0.25) is 0 Å². The number of allylic oxidation sites excluding steroid dienone is 1. The monoisotopic (exact) mass is 142 g/mol. The van der Waals surface area contributed by atoms with E-state index in [9.17, 15) is 4.79 Å². The van der Waals surface area contributed by atoms with Gasteiger partial charge in [0.15, 0.2) is 5.78 Å². The van der Waals surface area contributed by atoms with E-state index in [1.165, 1.54) is 13.0 Å². The lowest BCUT2D eigenvalue weighted by molar-refractivity contribution is -0.112. The number of carbonyl (C=O) groups excluding carboxylic acids is 1. The lowest BCUT2D eigenvalue weighted by atomic mass is 10.3. The summed E-state index contributed by atoms with van der Waals surface area (Å²) in [6.07, 6.45) is 1.44. The molecule has 0 aliphatic heterocycles. The van der Waals surface area contributed by atoms with Gasteiger partial charge in [-0.1, -0.05) is 0 Å². The van der Waals surface area contributed by atoms with Gasteiger partial charge >= 0.3 is 0 Å². The van der Waals surface area contributed by atoms with Crippen LogP contribution in [0.15, 0.2) is 11.8 Å². The molecule has 0 aromatic carbocycles. The van der Waals surface area contributed by atoms with Crippen LogP contribution in [0.3, 0.4) is 0 Å². The lowest BCUT2D eigenvalue weighted by Crippen LogP contribution is -2.19. The van der Waals surface area contributed by atoms with Crippen LogP contribution < -0.4 is 5.73 Å². The molecule has 0 bridgehead atoms. The highest BCUT2D eigenvalue weighted by Crippen LogP contribution is 1.86. The Labute approximate surface area is 61.5 Å². The molecule has 3 heteroatoms. The Bertz CT molecular complexity index is 150. The van der Waals surface area contributed by atoms with Gasteiger partial charge in [0.2, 0.25) is 0 Å².